The van der Waals surface area contributed by atoms with Crippen molar-refractivity contribution in [2.45, 2.75) is 45.1 Å². The largest absolute Gasteiger partial charge is 0.456 e. The van der Waals surface area contributed by atoms with Crippen molar-refractivity contribution in [3.05, 3.63) is 229 Å². The number of benzene rings is 10. The van der Waals surface area contributed by atoms with Crippen LogP contribution in [0.25, 0.3) is 98.5 Å². The van der Waals surface area contributed by atoms with Gasteiger partial charge in [0.15, 0.2) is 0 Å². The van der Waals surface area contributed by atoms with Crippen molar-refractivity contribution >= 4 is 92.8 Å². The van der Waals surface area contributed by atoms with Gasteiger partial charge in [0.1, 0.15) is 11.2 Å². The van der Waals surface area contributed by atoms with E-state index in [1.54, 1.807) is 0 Å². The van der Waals surface area contributed by atoms with Crippen LogP contribution in [0, 0.1) is 11.8 Å². The van der Waals surface area contributed by atoms with Crippen molar-refractivity contribution in [3.63, 3.8) is 0 Å². The van der Waals surface area contributed by atoms with Crippen molar-refractivity contribution < 1.29 is 4.42 Å². The molecule has 4 atom stereocenters. The van der Waals surface area contributed by atoms with Gasteiger partial charge in [-0.3, -0.25) is 4.99 Å². The third-order valence-electron chi connectivity index (χ3n) is 15.8. The molecule has 1 aliphatic heterocycles. The zero-order valence-corrected chi connectivity index (χ0v) is 39.4. The lowest BCUT2D eigenvalue weighted by Gasteiger charge is -2.35. The predicted molar refractivity (Wildman–Crippen MR) is 294 cm³/mol. The van der Waals surface area contributed by atoms with E-state index < -0.39 is 0 Å². The summed E-state index contributed by atoms with van der Waals surface area (Å²) in [5.74, 6) is 0.600. The minimum Gasteiger partial charge on any atom is -0.456 e. The molecule has 0 fully saturated rings. The van der Waals surface area contributed by atoms with E-state index in [2.05, 4.69) is 235 Å². The summed E-state index contributed by atoms with van der Waals surface area (Å²) in [6.45, 7) is 4.83. The number of furan rings is 1. The van der Waals surface area contributed by atoms with Crippen LogP contribution in [-0.4, -0.2) is 14.8 Å². The molecule has 0 saturated carbocycles. The first-order chi connectivity index (χ1) is 34.6. The highest BCUT2D eigenvalue weighted by Crippen LogP contribution is 2.48. The summed E-state index contributed by atoms with van der Waals surface area (Å²) in [6.07, 6.45) is 3.00. The Morgan fingerprint density at radius 2 is 1.09 bits per heavy atom. The molecule has 4 nitrogen and oxygen atoms in total. The molecule has 0 spiro atoms. The Balaban J connectivity index is 1.02. The van der Waals surface area contributed by atoms with Crippen molar-refractivity contribution in [2.75, 3.05) is 0 Å². The first-order valence-corrected chi connectivity index (χ1v) is 25.1. The Kier molecular flexibility index (Phi) is 9.45. The summed E-state index contributed by atoms with van der Waals surface area (Å²) in [6, 6.07) is 78.2. The normalized spacial score (nSPS) is 17.9. The zero-order valence-electron chi connectivity index (χ0n) is 39.4. The van der Waals surface area contributed by atoms with Crippen LogP contribution in [0.4, 0.5) is 0 Å². The van der Waals surface area contributed by atoms with Gasteiger partial charge in [0, 0.05) is 61.3 Å². The molecule has 10 aromatic carbocycles. The maximum atomic E-state index is 6.93. The van der Waals surface area contributed by atoms with E-state index in [1.165, 1.54) is 93.2 Å². The van der Waals surface area contributed by atoms with Gasteiger partial charge < -0.3 is 13.6 Å². The standard InChI is InChI=1S/C66H51N3O/c1-3-48-50(45-33-35-53-51-25-11-14-29-58(51)68(60(53)38-45)46-22-5-4-6-23-46)34-32-41(2)65(67-66(48)54-28-17-21-42-18-9-10-24-49(42)54)57-39-47(40-63-64(57)55-27-13-16-31-62(55)70-63)69-59-30-15-12-26-52(59)56-36-43-19-7-8-20-44(43)37-61(56)69/h4-31,33,35-41,48,50,65H,3,32,34H2,1-2H3. The molecule has 0 amide bonds. The fraction of sp³-hybridized carbons (Fsp3) is 0.136. The molecular weight excluding hydrogens is 851 g/mol. The van der Waals surface area contributed by atoms with Crippen LogP contribution in [0.5, 0.6) is 0 Å². The van der Waals surface area contributed by atoms with Crippen LogP contribution in [-0.2, 0) is 0 Å². The van der Waals surface area contributed by atoms with Crippen LogP contribution < -0.4 is 0 Å². The summed E-state index contributed by atoms with van der Waals surface area (Å²) < 4.78 is 11.9. The second kappa shape index (κ2) is 16.2. The molecule has 4 unspecified atom stereocenters. The van der Waals surface area contributed by atoms with Crippen LogP contribution in [0.3, 0.4) is 0 Å². The summed E-state index contributed by atoms with van der Waals surface area (Å²) >= 11 is 0. The lowest BCUT2D eigenvalue weighted by atomic mass is 9.72. The Labute approximate surface area is 406 Å². The summed E-state index contributed by atoms with van der Waals surface area (Å²) in [5.41, 5.74) is 13.9. The fourth-order valence-corrected chi connectivity index (χ4v) is 12.6. The SMILES string of the molecule is CCC1C(c2cccc3ccccc23)=NC(c2cc(-n3c4ccccc4c4cc5ccccc5cc43)cc3oc4ccccc4c23)C(C)CCC1c1ccc2c3ccccc3n(-c3ccccc3)c2c1. The predicted octanol–water partition coefficient (Wildman–Crippen LogP) is 17.9. The van der Waals surface area contributed by atoms with E-state index in [1.807, 2.05) is 0 Å². The lowest BCUT2D eigenvalue weighted by molar-refractivity contribution is 0.363. The van der Waals surface area contributed by atoms with E-state index >= 15 is 0 Å². The lowest BCUT2D eigenvalue weighted by Crippen LogP contribution is -2.28. The quantitative estimate of drug-likeness (QED) is 0.164. The molecule has 3 aromatic heterocycles. The maximum Gasteiger partial charge on any atom is 0.137 e. The number of para-hydroxylation sites is 4. The first-order valence-electron chi connectivity index (χ1n) is 25.1. The van der Waals surface area contributed by atoms with Gasteiger partial charge in [-0.05, 0) is 118 Å². The molecule has 0 N–H and O–H groups in total. The van der Waals surface area contributed by atoms with Gasteiger partial charge in [-0.25, -0.2) is 0 Å². The van der Waals surface area contributed by atoms with Crippen LogP contribution in [0.2, 0.25) is 0 Å². The Morgan fingerprint density at radius 1 is 0.471 bits per heavy atom. The number of aromatic nitrogens is 2. The van der Waals surface area contributed by atoms with E-state index in [0.29, 0.717) is 0 Å². The molecule has 4 heterocycles. The summed E-state index contributed by atoms with van der Waals surface area (Å²) in [7, 11) is 0. The van der Waals surface area contributed by atoms with Crippen LogP contribution >= 0.6 is 0 Å². The highest BCUT2D eigenvalue weighted by atomic mass is 16.3. The number of hydrogen-bond donors (Lipinski definition) is 0. The minimum absolute atomic E-state index is 0.149. The maximum absolute atomic E-state index is 6.93. The molecule has 336 valence electrons. The molecule has 4 heteroatoms. The van der Waals surface area contributed by atoms with E-state index in [-0.39, 0.29) is 23.8 Å². The number of rotatable bonds is 6. The third-order valence-corrected chi connectivity index (χ3v) is 15.8. The highest BCUT2D eigenvalue weighted by Gasteiger charge is 2.35. The van der Waals surface area contributed by atoms with Gasteiger partial charge in [0.2, 0.25) is 0 Å². The topological polar surface area (TPSA) is 35.4 Å². The molecule has 0 radical (unpaired) electrons. The molecule has 70 heavy (non-hydrogen) atoms. The van der Waals surface area contributed by atoms with E-state index in [0.717, 1.165) is 46.9 Å². The van der Waals surface area contributed by atoms with Gasteiger partial charge in [-0.1, -0.05) is 166 Å². The second-order valence-corrected chi connectivity index (χ2v) is 19.7. The Hall–Kier alpha value is -8.21. The van der Waals surface area contributed by atoms with Gasteiger partial charge >= 0.3 is 0 Å². The molecule has 0 saturated heterocycles. The van der Waals surface area contributed by atoms with Crippen molar-refractivity contribution in [2.24, 2.45) is 16.8 Å². The van der Waals surface area contributed by atoms with Crippen molar-refractivity contribution in [3.8, 4) is 11.4 Å². The smallest absolute Gasteiger partial charge is 0.137 e. The number of fused-ring (bicyclic) bond motifs is 11. The molecular formula is C66H51N3O. The van der Waals surface area contributed by atoms with Crippen LogP contribution in [0.15, 0.2) is 222 Å². The molecule has 13 aromatic rings. The monoisotopic (exact) mass is 901 g/mol. The zero-order chi connectivity index (χ0) is 46.5. The average molecular weight is 902 g/mol. The number of nitrogens with zero attached hydrogens (tertiary/aromatic N) is 3. The van der Waals surface area contributed by atoms with E-state index in [9.17, 15) is 0 Å². The number of hydrogen-bond acceptors (Lipinski definition) is 2. The van der Waals surface area contributed by atoms with Gasteiger partial charge in [0.05, 0.1) is 33.8 Å². The fourth-order valence-electron chi connectivity index (χ4n) is 12.6. The van der Waals surface area contributed by atoms with Gasteiger partial charge in [0.25, 0.3) is 0 Å². The molecule has 1 aliphatic rings. The summed E-state index contributed by atoms with van der Waals surface area (Å²) in [4.78, 5) is 6.28. The first kappa shape index (κ1) is 40.8. The van der Waals surface area contributed by atoms with E-state index in [4.69, 9.17) is 9.41 Å². The highest BCUT2D eigenvalue weighted by molar-refractivity contribution is 6.16. The number of aliphatic imine (C=N–C) groups is 1. The van der Waals surface area contributed by atoms with Gasteiger partial charge in [-0.2, -0.15) is 0 Å². The van der Waals surface area contributed by atoms with Crippen LogP contribution in [0.1, 0.15) is 61.8 Å². The Morgan fingerprint density at radius 3 is 1.87 bits per heavy atom. The second-order valence-electron chi connectivity index (χ2n) is 19.7. The van der Waals surface area contributed by atoms with Crippen molar-refractivity contribution in [1.29, 1.82) is 0 Å². The Bertz CT molecular complexity index is 4220. The summed E-state index contributed by atoms with van der Waals surface area (Å²) in [5, 5.41) is 12.3. The average Bonchev–Trinajstić information content (AvgIpc) is 4.06. The van der Waals surface area contributed by atoms with Gasteiger partial charge in [-0.15, -0.1) is 0 Å². The minimum atomic E-state index is -0.149. The third kappa shape index (κ3) is 6.32. The molecule has 0 aliphatic carbocycles. The molecule has 0 bridgehead atoms. The molecule has 14 rings (SSSR count). The van der Waals surface area contributed by atoms with Crippen molar-refractivity contribution in [1.82, 2.24) is 9.13 Å².